The van der Waals surface area contributed by atoms with Crippen LogP contribution in [0.15, 0.2) is 36.4 Å². The molecule has 1 heterocycles. The van der Waals surface area contributed by atoms with E-state index >= 15 is 8.78 Å². The molecule has 1 N–H and O–H groups in total. The summed E-state index contributed by atoms with van der Waals surface area (Å²) in [6.07, 6.45) is 0.389. The molecule has 1 fully saturated rings. The summed E-state index contributed by atoms with van der Waals surface area (Å²) in [5, 5.41) is 14.4. The average Bonchev–Trinajstić information content (AvgIpc) is 3.01. The van der Waals surface area contributed by atoms with Crippen molar-refractivity contribution in [2.75, 3.05) is 0 Å². The van der Waals surface area contributed by atoms with Gasteiger partial charge in [0, 0.05) is 27.6 Å². The Kier molecular flexibility index (Phi) is 7.58. The minimum absolute atomic E-state index is 0.0292. The summed E-state index contributed by atoms with van der Waals surface area (Å²) in [7, 11) is 0. The summed E-state index contributed by atoms with van der Waals surface area (Å²) < 4.78 is 36.5. The summed E-state index contributed by atoms with van der Waals surface area (Å²) in [6.45, 7) is 11.1. The molecule has 2 aromatic carbocycles. The van der Waals surface area contributed by atoms with Crippen LogP contribution in [0.2, 0.25) is 10.0 Å². The Morgan fingerprint density at radius 3 is 2.20 bits per heavy atom. The van der Waals surface area contributed by atoms with Gasteiger partial charge in [0.15, 0.2) is 0 Å². The second kappa shape index (κ2) is 9.69. The molecule has 0 bridgehead atoms. The van der Waals surface area contributed by atoms with Gasteiger partial charge >= 0.3 is 5.97 Å². The SMILES string of the molecule is CC(C)(C)CC1NC(C(=O)OC(C)(C)C)C(c2cc(Cl)ccc2F)C1(C#N)c1ccc(Cl)cc1F. The molecule has 4 unspecified atom stereocenters. The number of esters is 1. The minimum Gasteiger partial charge on any atom is -0.459 e. The highest BCUT2D eigenvalue weighted by atomic mass is 35.5. The Morgan fingerprint density at radius 1 is 1.06 bits per heavy atom. The Labute approximate surface area is 215 Å². The Bertz CT molecular complexity index is 1170. The highest BCUT2D eigenvalue weighted by Gasteiger charge is 2.61. The van der Waals surface area contributed by atoms with Crippen molar-refractivity contribution < 1.29 is 18.3 Å². The number of hydrogen-bond donors (Lipinski definition) is 1. The lowest BCUT2D eigenvalue weighted by atomic mass is 9.62. The topological polar surface area (TPSA) is 62.1 Å². The van der Waals surface area contributed by atoms with E-state index in [4.69, 9.17) is 27.9 Å². The number of benzene rings is 2. The molecule has 1 aliphatic rings. The number of rotatable bonds is 4. The number of carbonyl (C=O) groups excluding carboxylic acids is 1. The van der Waals surface area contributed by atoms with Crippen molar-refractivity contribution >= 4 is 29.2 Å². The molecule has 35 heavy (non-hydrogen) atoms. The molecule has 0 amide bonds. The van der Waals surface area contributed by atoms with Crippen molar-refractivity contribution in [1.82, 2.24) is 5.32 Å². The Hall–Kier alpha value is -2.20. The molecule has 8 heteroatoms. The van der Waals surface area contributed by atoms with E-state index in [1.165, 1.54) is 30.3 Å². The van der Waals surface area contributed by atoms with E-state index in [2.05, 4.69) is 11.4 Å². The molecule has 3 rings (SSSR count). The molecular weight excluding hydrogens is 493 g/mol. The van der Waals surface area contributed by atoms with Crippen LogP contribution in [-0.4, -0.2) is 23.7 Å². The van der Waals surface area contributed by atoms with Gasteiger partial charge in [-0.1, -0.05) is 50.0 Å². The summed E-state index contributed by atoms with van der Waals surface area (Å²) in [6, 6.07) is 8.45. The van der Waals surface area contributed by atoms with Crippen LogP contribution >= 0.6 is 23.2 Å². The third-order valence-electron chi connectivity index (χ3n) is 6.09. The quantitative estimate of drug-likeness (QED) is 0.442. The van der Waals surface area contributed by atoms with E-state index in [9.17, 15) is 10.1 Å². The normalized spacial score (nSPS) is 24.8. The fraction of sp³-hybridized carbons (Fsp3) is 0.481. The zero-order valence-corrected chi connectivity index (χ0v) is 22.2. The Balaban J connectivity index is 2.37. The van der Waals surface area contributed by atoms with Gasteiger partial charge < -0.3 is 4.74 Å². The first-order valence-corrected chi connectivity index (χ1v) is 12.2. The van der Waals surface area contributed by atoms with Crippen molar-refractivity contribution in [2.45, 2.75) is 77.0 Å². The summed E-state index contributed by atoms with van der Waals surface area (Å²) in [5.41, 5.74) is -2.76. The van der Waals surface area contributed by atoms with Crippen LogP contribution in [0.4, 0.5) is 8.78 Å². The van der Waals surface area contributed by atoms with Gasteiger partial charge in [0.2, 0.25) is 0 Å². The second-order valence-electron chi connectivity index (χ2n) is 11.2. The number of nitrogens with one attached hydrogen (secondary N) is 1. The van der Waals surface area contributed by atoms with Crippen molar-refractivity contribution in [3.05, 3.63) is 69.2 Å². The number of nitrogens with zero attached hydrogens (tertiary/aromatic N) is 1. The van der Waals surface area contributed by atoms with Crippen LogP contribution in [0.25, 0.3) is 0 Å². The van der Waals surface area contributed by atoms with Gasteiger partial charge in [0.1, 0.15) is 28.7 Å². The molecule has 4 nitrogen and oxygen atoms in total. The predicted octanol–water partition coefficient (Wildman–Crippen LogP) is 6.94. The highest BCUT2D eigenvalue weighted by Crippen LogP contribution is 2.53. The monoisotopic (exact) mass is 522 g/mol. The van der Waals surface area contributed by atoms with Crippen LogP contribution in [0.5, 0.6) is 0 Å². The van der Waals surface area contributed by atoms with E-state index in [-0.39, 0.29) is 26.6 Å². The highest BCUT2D eigenvalue weighted by molar-refractivity contribution is 6.30. The molecule has 2 aromatic rings. The molecule has 0 aliphatic carbocycles. The molecule has 4 atom stereocenters. The molecular formula is C27H30Cl2F2N2O2. The number of ether oxygens (including phenoxy) is 1. The maximum absolute atomic E-state index is 15.5. The number of carbonyl (C=O) groups is 1. The van der Waals surface area contributed by atoms with Crippen molar-refractivity contribution in [2.24, 2.45) is 5.41 Å². The van der Waals surface area contributed by atoms with Crippen molar-refractivity contribution in [3.8, 4) is 6.07 Å². The lowest BCUT2D eigenvalue weighted by molar-refractivity contribution is -0.157. The molecule has 0 saturated carbocycles. The number of halogens is 4. The first kappa shape index (κ1) is 27.4. The van der Waals surface area contributed by atoms with E-state index in [0.29, 0.717) is 6.42 Å². The average molecular weight is 523 g/mol. The lowest BCUT2D eigenvalue weighted by Crippen LogP contribution is -2.45. The number of hydrogen-bond acceptors (Lipinski definition) is 4. The standard InChI is InChI=1S/C27H30Cl2F2N2O2/c1-25(2,3)13-21-27(14-32,18-9-7-16(29)12-20(18)31)22(17-11-15(28)8-10-19(17)30)23(33-21)24(34)35-26(4,5)6/h7-12,21-23,33H,13H2,1-6H3. The molecule has 0 spiro atoms. The third-order valence-corrected chi connectivity index (χ3v) is 6.56. The van der Waals surface area contributed by atoms with Crippen LogP contribution in [-0.2, 0) is 14.9 Å². The lowest BCUT2D eigenvalue weighted by Gasteiger charge is -2.37. The smallest absolute Gasteiger partial charge is 0.324 e. The first-order chi connectivity index (χ1) is 16.1. The van der Waals surface area contributed by atoms with Gasteiger partial charge in [0.05, 0.1) is 6.07 Å². The van der Waals surface area contributed by atoms with Crippen molar-refractivity contribution in [3.63, 3.8) is 0 Å². The van der Waals surface area contributed by atoms with E-state index in [0.717, 1.165) is 6.07 Å². The first-order valence-electron chi connectivity index (χ1n) is 11.4. The maximum atomic E-state index is 15.5. The molecule has 0 aromatic heterocycles. The Morgan fingerprint density at radius 2 is 1.66 bits per heavy atom. The van der Waals surface area contributed by atoms with Crippen molar-refractivity contribution in [1.29, 1.82) is 5.26 Å². The van der Waals surface area contributed by atoms with E-state index in [1.807, 2.05) is 20.8 Å². The van der Waals surface area contributed by atoms with Gasteiger partial charge in [0.25, 0.3) is 0 Å². The van der Waals surface area contributed by atoms with Gasteiger partial charge in [-0.05, 0) is 68.5 Å². The minimum atomic E-state index is -1.67. The van der Waals surface area contributed by atoms with E-state index < -0.39 is 46.6 Å². The fourth-order valence-electron chi connectivity index (χ4n) is 4.89. The molecule has 1 saturated heterocycles. The molecule has 188 valence electrons. The van der Waals surface area contributed by atoms with Crippen LogP contribution in [0.3, 0.4) is 0 Å². The van der Waals surface area contributed by atoms with Gasteiger partial charge in [-0.3, -0.25) is 10.1 Å². The van der Waals surface area contributed by atoms with Gasteiger partial charge in [-0.15, -0.1) is 0 Å². The molecule has 0 radical (unpaired) electrons. The van der Waals surface area contributed by atoms with Crippen LogP contribution in [0.1, 0.15) is 65.0 Å². The predicted molar refractivity (Wildman–Crippen MR) is 133 cm³/mol. The van der Waals surface area contributed by atoms with Gasteiger partial charge in [-0.2, -0.15) is 5.26 Å². The zero-order valence-electron chi connectivity index (χ0n) is 20.7. The largest absolute Gasteiger partial charge is 0.459 e. The zero-order chi connectivity index (χ0) is 26.3. The maximum Gasteiger partial charge on any atom is 0.324 e. The number of nitriles is 1. The van der Waals surface area contributed by atoms with Gasteiger partial charge in [-0.25, -0.2) is 8.78 Å². The molecule has 1 aliphatic heterocycles. The third kappa shape index (κ3) is 5.63. The van der Waals surface area contributed by atoms with Crippen LogP contribution < -0.4 is 5.32 Å². The second-order valence-corrected chi connectivity index (χ2v) is 12.1. The van der Waals surface area contributed by atoms with Crippen LogP contribution in [0, 0.1) is 28.4 Å². The summed E-state index contributed by atoms with van der Waals surface area (Å²) in [4.78, 5) is 13.5. The summed E-state index contributed by atoms with van der Waals surface area (Å²) >= 11 is 12.2. The fourth-order valence-corrected chi connectivity index (χ4v) is 5.23. The summed E-state index contributed by atoms with van der Waals surface area (Å²) in [5.74, 6) is -3.16. The van der Waals surface area contributed by atoms with E-state index in [1.54, 1.807) is 20.8 Å².